The number of nitrogens with zero attached hydrogens (tertiary/aromatic N) is 2. The zero-order valence-corrected chi connectivity index (χ0v) is 27.8. The van der Waals surface area contributed by atoms with Crippen LogP contribution in [0.4, 0.5) is 5.69 Å². The molecule has 0 aliphatic carbocycles. The van der Waals surface area contributed by atoms with Crippen molar-refractivity contribution >= 4 is 62.3 Å². The second-order valence-electron chi connectivity index (χ2n) is 10.4. The molecular weight excluding hydrogens is 653 g/mol. The third-order valence-electron chi connectivity index (χ3n) is 7.22. The number of rotatable bonds is 14. The molecule has 4 aromatic carbocycles. The van der Waals surface area contributed by atoms with Gasteiger partial charge in [0.05, 0.1) is 10.6 Å². The van der Waals surface area contributed by atoms with Crippen molar-refractivity contribution in [1.29, 1.82) is 0 Å². The Bertz CT molecular complexity index is 1670. The largest absolute Gasteiger partial charge is 0.354 e. The van der Waals surface area contributed by atoms with Gasteiger partial charge in [0.1, 0.15) is 12.6 Å². The lowest BCUT2D eigenvalue weighted by atomic mass is 10.0. The summed E-state index contributed by atoms with van der Waals surface area (Å²) in [7, 11) is -4.22. The highest BCUT2D eigenvalue weighted by molar-refractivity contribution is 7.92. The van der Waals surface area contributed by atoms with E-state index in [-0.39, 0.29) is 29.5 Å². The number of hydrogen-bond acceptors (Lipinski definition) is 4. The molecule has 0 aliphatic heterocycles. The molecule has 0 spiro atoms. The summed E-state index contributed by atoms with van der Waals surface area (Å²) in [5.41, 5.74) is 1.50. The molecule has 1 atom stereocenters. The van der Waals surface area contributed by atoms with Gasteiger partial charge in [0, 0.05) is 40.1 Å². The molecule has 7 nitrogen and oxygen atoms in total. The zero-order chi connectivity index (χ0) is 32.4. The Morgan fingerprint density at radius 2 is 1.40 bits per heavy atom. The molecule has 0 fully saturated rings. The minimum atomic E-state index is -4.22. The SMILES string of the molecule is CCCCNC(=O)C(Cc1ccccc1)N(Cc1c(Cl)cccc1Cl)C(=O)CN(c1ccc(Cl)cc1)S(=O)(=O)c1ccccc1. The highest BCUT2D eigenvalue weighted by atomic mass is 35.5. The summed E-state index contributed by atoms with van der Waals surface area (Å²) in [6.45, 7) is 1.71. The lowest BCUT2D eigenvalue weighted by Crippen LogP contribution is -2.53. The molecule has 0 aliphatic rings. The topological polar surface area (TPSA) is 86.8 Å². The molecule has 4 aromatic rings. The van der Waals surface area contributed by atoms with Gasteiger partial charge < -0.3 is 10.2 Å². The molecule has 11 heteroatoms. The summed E-state index contributed by atoms with van der Waals surface area (Å²) in [5, 5.41) is 4.00. The number of hydrogen-bond donors (Lipinski definition) is 1. The lowest BCUT2D eigenvalue weighted by molar-refractivity contribution is -0.140. The number of sulfonamides is 1. The molecule has 0 aromatic heterocycles. The number of carbonyl (C=O) groups excluding carboxylic acids is 2. The molecule has 0 heterocycles. The van der Waals surface area contributed by atoms with Crippen molar-refractivity contribution in [3.63, 3.8) is 0 Å². The second kappa shape index (κ2) is 16.1. The molecule has 0 radical (unpaired) electrons. The van der Waals surface area contributed by atoms with E-state index in [4.69, 9.17) is 34.8 Å². The maximum absolute atomic E-state index is 14.5. The average molecular weight is 687 g/mol. The van der Waals surface area contributed by atoms with Crippen LogP contribution < -0.4 is 9.62 Å². The highest BCUT2D eigenvalue weighted by Crippen LogP contribution is 2.29. The third kappa shape index (κ3) is 9.01. The van der Waals surface area contributed by atoms with Gasteiger partial charge in [0.25, 0.3) is 10.0 Å². The Morgan fingerprint density at radius 1 is 0.800 bits per heavy atom. The molecule has 0 saturated carbocycles. The van der Waals surface area contributed by atoms with E-state index < -0.39 is 28.5 Å². The monoisotopic (exact) mass is 685 g/mol. The highest BCUT2D eigenvalue weighted by Gasteiger charge is 2.35. The van der Waals surface area contributed by atoms with E-state index in [9.17, 15) is 18.0 Å². The average Bonchev–Trinajstić information content (AvgIpc) is 3.04. The summed E-state index contributed by atoms with van der Waals surface area (Å²) in [6.07, 6.45) is 1.81. The van der Waals surface area contributed by atoms with Crippen molar-refractivity contribution in [2.45, 2.75) is 43.7 Å². The van der Waals surface area contributed by atoms with E-state index >= 15 is 0 Å². The van der Waals surface area contributed by atoms with Gasteiger partial charge in [-0.1, -0.05) is 103 Å². The molecule has 1 unspecified atom stereocenters. The van der Waals surface area contributed by atoms with Crippen molar-refractivity contribution < 1.29 is 18.0 Å². The predicted molar refractivity (Wildman–Crippen MR) is 181 cm³/mol. The molecule has 0 saturated heterocycles. The first-order valence-corrected chi connectivity index (χ1v) is 17.1. The standard InChI is InChI=1S/C34H34Cl3N3O4S/c1-2-3-21-38-34(42)32(22-25-11-6-4-7-12-25)39(23-29-30(36)15-10-16-31(29)37)33(41)24-40(27-19-17-26(35)18-20-27)45(43,44)28-13-8-5-9-14-28/h4-20,32H,2-3,21-24H2,1H3,(H,38,42). The fourth-order valence-corrected chi connectivity index (χ4v) is 6.85. The Balaban J connectivity index is 1.81. The number of nitrogens with one attached hydrogen (secondary N) is 1. The van der Waals surface area contributed by atoms with Gasteiger partial charge in [-0.05, 0) is 60.5 Å². The quantitative estimate of drug-likeness (QED) is 0.140. The zero-order valence-electron chi connectivity index (χ0n) is 24.7. The summed E-state index contributed by atoms with van der Waals surface area (Å²) in [5.74, 6) is -0.986. The second-order valence-corrected chi connectivity index (χ2v) is 13.5. The van der Waals surface area contributed by atoms with Gasteiger partial charge in [-0.3, -0.25) is 13.9 Å². The van der Waals surface area contributed by atoms with Crippen LogP contribution in [-0.2, 0) is 32.6 Å². The minimum absolute atomic E-state index is 0.00610. The number of anilines is 1. The van der Waals surface area contributed by atoms with Gasteiger partial charge in [-0.2, -0.15) is 0 Å². The van der Waals surface area contributed by atoms with Crippen LogP contribution >= 0.6 is 34.8 Å². The summed E-state index contributed by atoms with van der Waals surface area (Å²) in [6, 6.07) is 27.3. The van der Waals surface area contributed by atoms with Crippen molar-refractivity contribution in [2.75, 3.05) is 17.4 Å². The number of carbonyl (C=O) groups is 2. The van der Waals surface area contributed by atoms with E-state index in [1.807, 2.05) is 37.3 Å². The third-order valence-corrected chi connectivity index (χ3v) is 9.96. The molecular formula is C34H34Cl3N3O4S. The van der Waals surface area contributed by atoms with E-state index in [0.717, 1.165) is 22.7 Å². The fourth-order valence-electron chi connectivity index (χ4n) is 4.77. The van der Waals surface area contributed by atoms with E-state index in [1.54, 1.807) is 48.5 Å². The molecule has 236 valence electrons. The van der Waals surface area contributed by atoms with E-state index in [1.165, 1.54) is 29.2 Å². The van der Waals surface area contributed by atoms with Crippen molar-refractivity contribution in [3.8, 4) is 0 Å². The van der Waals surface area contributed by atoms with Gasteiger partial charge in [-0.15, -0.1) is 0 Å². The van der Waals surface area contributed by atoms with Gasteiger partial charge >= 0.3 is 0 Å². The van der Waals surface area contributed by atoms with Gasteiger partial charge in [0.15, 0.2) is 0 Å². The molecule has 0 bridgehead atoms. The lowest BCUT2D eigenvalue weighted by Gasteiger charge is -2.34. The van der Waals surface area contributed by atoms with Crippen LogP contribution in [0.5, 0.6) is 0 Å². The number of amides is 2. The van der Waals surface area contributed by atoms with Crippen LogP contribution in [0.15, 0.2) is 108 Å². The first-order chi connectivity index (χ1) is 21.6. The normalized spacial score (nSPS) is 11.9. The van der Waals surface area contributed by atoms with Gasteiger partial charge in [-0.25, -0.2) is 8.42 Å². The maximum atomic E-state index is 14.5. The Labute approximate surface area is 279 Å². The number of benzene rings is 4. The Hall–Kier alpha value is -3.56. The smallest absolute Gasteiger partial charge is 0.264 e. The fraction of sp³-hybridized carbons (Fsp3) is 0.235. The van der Waals surface area contributed by atoms with E-state index in [2.05, 4.69) is 5.32 Å². The van der Waals surface area contributed by atoms with E-state index in [0.29, 0.717) is 27.2 Å². The number of halogens is 3. The van der Waals surface area contributed by atoms with Crippen LogP contribution in [0, 0.1) is 0 Å². The van der Waals surface area contributed by atoms with Crippen LogP contribution in [0.1, 0.15) is 30.9 Å². The van der Waals surface area contributed by atoms with Crippen LogP contribution in [0.3, 0.4) is 0 Å². The van der Waals surface area contributed by atoms with Crippen molar-refractivity contribution in [3.05, 3.63) is 129 Å². The predicted octanol–water partition coefficient (Wildman–Crippen LogP) is 7.40. The van der Waals surface area contributed by atoms with Crippen LogP contribution in [0.2, 0.25) is 15.1 Å². The summed E-state index contributed by atoms with van der Waals surface area (Å²) in [4.78, 5) is 29.7. The Kier molecular flexibility index (Phi) is 12.3. The van der Waals surface area contributed by atoms with Crippen molar-refractivity contribution in [1.82, 2.24) is 10.2 Å². The first-order valence-electron chi connectivity index (χ1n) is 14.5. The summed E-state index contributed by atoms with van der Waals surface area (Å²) >= 11 is 19.2. The minimum Gasteiger partial charge on any atom is -0.354 e. The van der Waals surface area contributed by atoms with Crippen LogP contribution in [0.25, 0.3) is 0 Å². The van der Waals surface area contributed by atoms with Crippen LogP contribution in [-0.4, -0.2) is 44.3 Å². The summed E-state index contributed by atoms with van der Waals surface area (Å²) < 4.78 is 29.0. The molecule has 45 heavy (non-hydrogen) atoms. The van der Waals surface area contributed by atoms with Crippen molar-refractivity contribution in [2.24, 2.45) is 0 Å². The maximum Gasteiger partial charge on any atom is 0.264 e. The first kappa shape index (κ1) is 34.3. The number of unbranched alkanes of at least 4 members (excludes halogenated alkanes) is 1. The Morgan fingerprint density at radius 3 is 2.00 bits per heavy atom. The molecule has 4 rings (SSSR count). The molecule has 1 N–H and O–H groups in total. The van der Waals surface area contributed by atoms with Gasteiger partial charge in [0.2, 0.25) is 11.8 Å². The molecule has 2 amide bonds.